The molecule has 4 fully saturated rings. The molecule has 27 heavy (non-hydrogen) atoms. The van der Waals surface area contributed by atoms with Crippen LogP contribution in [0.2, 0.25) is 0 Å². The van der Waals surface area contributed by atoms with Gasteiger partial charge in [0.1, 0.15) is 0 Å². The second-order valence-corrected chi connectivity index (χ2v) is 11.0. The Morgan fingerprint density at radius 3 is 2.48 bits per heavy atom. The predicted octanol–water partition coefficient (Wildman–Crippen LogP) is 4.09. The third-order valence-electron chi connectivity index (χ3n) is 10.00. The molecule has 0 amide bonds. The predicted molar refractivity (Wildman–Crippen MR) is 104 cm³/mol. The lowest BCUT2D eigenvalue weighted by molar-refractivity contribution is -0.175. The van der Waals surface area contributed by atoms with Gasteiger partial charge in [0.05, 0.1) is 12.2 Å². The maximum atomic E-state index is 11.4. The number of carboxylic acids is 1. The lowest BCUT2D eigenvalue weighted by atomic mass is 9.43. The molecule has 4 saturated carbocycles. The summed E-state index contributed by atoms with van der Waals surface area (Å²) in [6.45, 7) is 6.79. The van der Waals surface area contributed by atoms with Gasteiger partial charge in [-0.05, 0) is 97.7 Å². The summed E-state index contributed by atoms with van der Waals surface area (Å²) in [6, 6.07) is 0. The summed E-state index contributed by atoms with van der Waals surface area (Å²) < 4.78 is 0. The Morgan fingerprint density at radius 2 is 1.78 bits per heavy atom. The van der Waals surface area contributed by atoms with E-state index >= 15 is 0 Å². The van der Waals surface area contributed by atoms with Crippen LogP contribution in [-0.2, 0) is 4.79 Å². The van der Waals surface area contributed by atoms with Crippen molar-refractivity contribution in [3.8, 4) is 0 Å². The highest BCUT2D eigenvalue weighted by atomic mass is 16.4. The number of hydrogen-bond acceptors (Lipinski definition) is 3. The van der Waals surface area contributed by atoms with Crippen LogP contribution in [0, 0.1) is 46.3 Å². The first-order valence-corrected chi connectivity index (χ1v) is 11.3. The Balaban J connectivity index is 1.60. The first kappa shape index (κ1) is 19.7. The van der Waals surface area contributed by atoms with Gasteiger partial charge >= 0.3 is 5.97 Å². The van der Waals surface area contributed by atoms with Crippen molar-refractivity contribution < 1.29 is 20.1 Å². The molecule has 4 aliphatic carbocycles. The summed E-state index contributed by atoms with van der Waals surface area (Å²) in [5.41, 5.74) is 0.128. The van der Waals surface area contributed by atoms with E-state index < -0.39 is 5.97 Å². The number of carbonyl (C=O) groups is 1. The van der Waals surface area contributed by atoms with Gasteiger partial charge in [-0.3, -0.25) is 4.79 Å². The number of aliphatic hydroxyl groups is 2. The van der Waals surface area contributed by atoms with Crippen LogP contribution >= 0.6 is 0 Å². The zero-order chi connectivity index (χ0) is 19.6. The standard InChI is InChI=1S/C23H38O4/c1-13(10-21(26)27)17-6-7-18-16-5-4-14-11-15(24)8-9-22(14,2)19(16)12-20(25)23(17,18)3/h13-20,24-25H,4-12H2,1-3H3,(H,26,27)/t13-,14-,15-,16+,17+,18-,19+,20+,22+,23-/m1/s1. The minimum atomic E-state index is -0.716. The summed E-state index contributed by atoms with van der Waals surface area (Å²) in [5.74, 6) is 2.07. The van der Waals surface area contributed by atoms with Gasteiger partial charge in [0, 0.05) is 6.42 Å². The molecule has 4 heteroatoms. The summed E-state index contributed by atoms with van der Waals surface area (Å²) in [4.78, 5) is 11.3. The van der Waals surface area contributed by atoms with Crippen LogP contribution in [0.3, 0.4) is 0 Å². The Morgan fingerprint density at radius 1 is 1.04 bits per heavy atom. The lowest BCUT2D eigenvalue weighted by Crippen LogP contribution is -2.58. The quantitative estimate of drug-likeness (QED) is 0.691. The third kappa shape index (κ3) is 2.88. The average molecular weight is 379 g/mol. The van der Waals surface area contributed by atoms with Crippen molar-refractivity contribution in [2.75, 3.05) is 0 Å². The van der Waals surface area contributed by atoms with Crippen molar-refractivity contribution >= 4 is 5.97 Å². The Kier molecular flexibility index (Phi) is 4.91. The number of rotatable bonds is 3. The Labute approximate surface area is 163 Å². The molecule has 0 aliphatic heterocycles. The summed E-state index contributed by atoms with van der Waals surface area (Å²) >= 11 is 0. The molecule has 0 unspecified atom stereocenters. The topological polar surface area (TPSA) is 77.8 Å². The van der Waals surface area contributed by atoms with Crippen LogP contribution < -0.4 is 0 Å². The van der Waals surface area contributed by atoms with Crippen molar-refractivity contribution in [3.05, 3.63) is 0 Å². The van der Waals surface area contributed by atoms with Crippen LogP contribution in [0.25, 0.3) is 0 Å². The largest absolute Gasteiger partial charge is 0.481 e. The monoisotopic (exact) mass is 378 g/mol. The highest BCUT2D eigenvalue weighted by molar-refractivity contribution is 5.67. The fraction of sp³-hybridized carbons (Fsp3) is 0.957. The third-order valence-corrected chi connectivity index (χ3v) is 10.00. The van der Waals surface area contributed by atoms with Crippen molar-refractivity contribution in [1.29, 1.82) is 0 Å². The Bertz CT molecular complexity index is 591. The van der Waals surface area contributed by atoms with Crippen LogP contribution in [-0.4, -0.2) is 33.5 Å². The van der Waals surface area contributed by atoms with Crippen LogP contribution in [0.1, 0.15) is 78.6 Å². The summed E-state index contributed by atoms with van der Waals surface area (Å²) in [5, 5.41) is 30.8. The molecule has 0 radical (unpaired) electrons. The van der Waals surface area contributed by atoms with Gasteiger partial charge in [-0.15, -0.1) is 0 Å². The molecule has 0 aromatic heterocycles. The van der Waals surface area contributed by atoms with Crippen molar-refractivity contribution in [3.63, 3.8) is 0 Å². The summed E-state index contributed by atoms with van der Waals surface area (Å²) in [6.07, 6.45) is 8.22. The molecular weight excluding hydrogens is 340 g/mol. The first-order valence-electron chi connectivity index (χ1n) is 11.3. The van der Waals surface area contributed by atoms with E-state index in [0.717, 1.165) is 38.5 Å². The van der Waals surface area contributed by atoms with Crippen LogP contribution in [0.4, 0.5) is 0 Å². The van der Waals surface area contributed by atoms with E-state index in [0.29, 0.717) is 29.6 Å². The van der Waals surface area contributed by atoms with Gasteiger partial charge in [-0.2, -0.15) is 0 Å². The molecule has 0 heterocycles. The second-order valence-electron chi connectivity index (χ2n) is 11.0. The first-order chi connectivity index (χ1) is 12.7. The van der Waals surface area contributed by atoms with Gasteiger partial charge < -0.3 is 15.3 Å². The number of fused-ring (bicyclic) bond motifs is 5. The molecule has 4 rings (SSSR count). The van der Waals surface area contributed by atoms with Gasteiger partial charge in [0.25, 0.3) is 0 Å². The molecule has 0 bridgehead atoms. The molecule has 3 N–H and O–H groups in total. The van der Waals surface area contributed by atoms with Crippen molar-refractivity contribution in [1.82, 2.24) is 0 Å². The van der Waals surface area contributed by atoms with Crippen LogP contribution in [0.15, 0.2) is 0 Å². The van der Waals surface area contributed by atoms with E-state index in [-0.39, 0.29) is 35.4 Å². The smallest absolute Gasteiger partial charge is 0.303 e. The van der Waals surface area contributed by atoms with E-state index in [9.17, 15) is 20.1 Å². The molecule has 154 valence electrons. The maximum absolute atomic E-state index is 11.4. The van der Waals surface area contributed by atoms with E-state index in [1.807, 2.05) is 0 Å². The zero-order valence-corrected chi connectivity index (χ0v) is 17.2. The van der Waals surface area contributed by atoms with E-state index in [2.05, 4.69) is 20.8 Å². The van der Waals surface area contributed by atoms with Gasteiger partial charge in [0.15, 0.2) is 0 Å². The van der Waals surface area contributed by atoms with Gasteiger partial charge in [-0.25, -0.2) is 0 Å². The Hall–Kier alpha value is -0.610. The maximum Gasteiger partial charge on any atom is 0.303 e. The van der Waals surface area contributed by atoms with Crippen LogP contribution in [0.5, 0.6) is 0 Å². The molecule has 4 nitrogen and oxygen atoms in total. The molecule has 0 saturated heterocycles. The normalized spacial score (nSPS) is 53.1. The molecule has 4 aliphatic rings. The minimum Gasteiger partial charge on any atom is -0.481 e. The van der Waals surface area contributed by atoms with E-state index in [1.54, 1.807) is 0 Å². The molecule has 0 aromatic rings. The number of aliphatic hydroxyl groups excluding tert-OH is 2. The average Bonchev–Trinajstić information content (AvgIpc) is 2.95. The van der Waals surface area contributed by atoms with Crippen molar-refractivity contribution in [2.24, 2.45) is 46.3 Å². The summed E-state index contributed by atoms with van der Waals surface area (Å²) in [7, 11) is 0. The zero-order valence-electron chi connectivity index (χ0n) is 17.2. The van der Waals surface area contributed by atoms with Gasteiger partial charge in [0.2, 0.25) is 0 Å². The number of aliphatic carboxylic acids is 1. The molecular formula is C23H38O4. The van der Waals surface area contributed by atoms with Gasteiger partial charge in [-0.1, -0.05) is 20.8 Å². The SMILES string of the molecule is C[C@H](CC(=O)O)[C@@H]1CC[C@@H]2[C@@H]3CC[C@@H]4C[C@H](O)CC[C@]4(C)[C@H]3C[C@H](O)[C@@]21C. The number of carboxylic acid groups (broad SMARTS) is 1. The lowest BCUT2D eigenvalue weighted by Gasteiger charge is -2.62. The molecule has 0 aromatic carbocycles. The van der Waals surface area contributed by atoms with Crippen molar-refractivity contribution in [2.45, 2.75) is 90.8 Å². The fourth-order valence-corrected chi connectivity index (χ4v) is 8.58. The highest BCUT2D eigenvalue weighted by Gasteiger charge is 2.63. The fourth-order valence-electron chi connectivity index (χ4n) is 8.58. The molecule has 10 atom stereocenters. The second kappa shape index (κ2) is 6.73. The minimum absolute atomic E-state index is 0.125. The number of hydrogen-bond donors (Lipinski definition) is 3. The van der Waals surface area contributed by atoms with E-state index in [1.165, 1.54) is 12.8 Å². The highest BCUT2D eigenvalue weighted by Crippen LogP contribution is 2.68. The van der Waals surface area contributed by atoms with E-state index in [4.69, 9.17) is 0 Å². The molecule has 0 spiro atoms.